The molecule has 1 rings (SSSR count). The third-order valence-corrected chi connectivity index (χ3v) is 2.37. The Hall–Kier alpha value is -2.04. The lowest BCUT2D eigenvalue weighted by atomic mass is 10.1. The zero-order valence-corrected chi connectivity index (χ0v) is 11.0. The van der Waals surface area contributed by atoms with E-state index in [1.807, 2.05) is 0 Å². The molecule has 5 nitrogen and oxygen atoms in total. The first-order chi connectivity index (χ1) is 9.97. The van der Waals surface area contributed by atoms with Gasteiger partial charge in [0.1, 0.15) is 11.3 Å². The average Bonchev–Trinajstić information content (AvgIpc) is 2.34. The van der Waals surface area contributed by atoms with Crippen LogP contribution < -0.4 is 10.5 Å². The maximum Gasteiger partial charge on any atom is 0.573 e. The van der Waals surface area contributed by atoms with E-state index in [0.717, 1.165) is 7.11 Å². The fourth-order valence-electron chi connectivity index (χ4n) is 1.58. The first-order valence-electron chi connectivity index (χ1n) is 5.60. The Morgan fingerprint density at radius 1 is 1.27 bits per heavy atom. The number of ether oxygens (including phenoxy) is 2. The molecule has 0 aliphatic rings. The SMILES string of the molecule is COC(=O)Cc1nc(CN)cc(OC(F)(F)F)c1C(F)(F)F. The van der Waals surface area contributed by atoms with Crippen LogP contribution in [0.15, 0.2) is 6.07 Å². The highest BCUT2D eigenvalue weighted by Crippen LogP contribution is 2.40. The molecule has 0 saturated carbocycles. The lowest BCUT2D eigenvalue weighted by Crippen LogP contribution is -2.23. The van der Waals surface area contributed by atoms with Crippen LogP contribution >= 0.6 is 0 Å². The van der Waals surface area contributed by atoms with Gasteiger partial charge in [-0.25, -0.2) is 0 Å². The third kappa shape index (κ3) is 4.76. The zero-order valence-electron chi connectivity index (χ0n) is 11.0. The number of nitrogens with zero attached hydrogens (tertiary/aromatic N) is 1. The summed E-state index contributed by atoms with van der Waals surface area (Å²) in [5.74, 6) is -2.63. The maximum atomic E-state index is 13.0. The fraction of sp³-hybridized carbons (Fsp3) is 0.455. The van der Waals surface area contributed by atoms with E-state index in [4.69, 9.17) is 5.73 Å². The molecule has 1 aromatic rings. The van der Waals surface area contributed by atoms with E-state index in [1.54, 1.807) is 0 Å². The van der Waals surface area contributed by atoms with Gasteiger partial charge < -0.3 is 15.2 Å². The summed E-state index contributed by atoms with van der Waals surface area (Å²) in [6, 6.07) is 0.428. The molecule has 11 heteroatoms. The molecule has 0 unspecified atom stereocenters. The average molecular weight is 332 g/mol. The van der Waals surface area contributed by atoms with Crippen LogP contribution in [-0.2, 0) is 28.7 Å². The van der Waals surface area contributed by atoms with Crippen LogP contribution in [0.2, 0.25) is 0 Å². The predicted octanol–water partition coefficient (Wildman–Crippen LogP) is 2.17. The van der Waals surface area contributed by atoms with Crippen LogP contribution in [0.3, 0.4) is 0 Å². The molecule has 1 heterocycles. The summed E-state index contributed by atoms with van der Waals surface area (Å²) in [7, 11) is 0.912. The summed E-state index contributed by atoms with van der Waals surface area (Å²) < 4.78 is 83.4. The molecule has 0 spiro atoms. The van der Waals surface area contributed by atoms with Crippen LogP contribution in [-0.4, -0.2) is 24.4 Å². The van der Waals surface area contributed by atoms with Gasteiger partial charge in [0, 0.05) is 12.6 Å². The van der Waals surface area contributed by atoms with Crippen molar-refractivity contribution in [1.29, 1.82) is 0 Å². The monoisotopic (exact) mass is 332 g/mol. The van der Waals surface area contributed by atoms with Crippen LogP contribution in [0.5, 0.6) is 5.75 Å². The molecule has 0 bridgehead atoms. The number of nitrogens with two attached hydrogens (primary N) is 1. The van der Waals surface area contributed by atoms with Gasteiger partial charge in [-0.3, -0.25) is 9.78 Å². The van der Waals surface area contributed by atoms with Crippen molar-refractivity contribution in [2.24, 2.45) is 5.73 Å². The summed E-state index contributed by atoms with van der Waals surface area (Å²) in [6.45, 7) is -0.444. The van der Waals surface area contributed by atoms with Crippen LogP contribution in [0.25, 0.3) is 0 Å². The smallest absolute Gasteiger partial charge is 0.469 e. The summed E-state index contributed by atoms with van der Waals surface area (Å²) >= 11 is 0. The van der Waals surface area contributed by atoms with Crippen molar-refractivity contribution in [3.8, 4) is 5.75 Å². The Bertz CT molecular complexity index is 556. The lowest BCUT2D eigenvalue weighted by molar-refractivity contribution is -0.276. The molecule has 0 fully saturated rings. The van der Waals surface area contributed by atoms with Crippen molar-refractivity contribution in [2.45, 2.75) is 25.5 Å². The molecule has 0 radical (unpaired) electrons. The number of hydrogen-bond acceptors (Lipinski definition) is 5. The van der Waals surface area contributed by atoms with E-state index < -0.39 is 48.5 Å². The lowest BCUT2D eigenvalue weighted by Gasteiger charge is -2.19. The Balaban J connectivity index is 3.51. The number of rotatable bonds is 4. The summed E-state index contributed by atoms with van der Waals surface area (Å²) in [6.07, 6.45) is -11.5. The quantitative estimate of drug-likeness (QED) is 0.676. The van der Waals surface area contributed by atoms with Gasteiger partial charge in [-0.1, -0.05) is 0 Å². The standard InChI is InChI=1S/C11H10F6N2O3/c1-21-8(20)3-6-9(10(12,13)14)7(22-11(15,16)17)2-5(4-18)19-6/h2H,3-4,18H2,1H3. The van der Waals surface area contributed by atoms with Gasteiger partial charge in [-0.2, -0.15) is 13.2 Å². The number of carbonyl (C=O) groups is 1. The number of esters is 1. The minimum Gasteiger partial charge on any atom is -0.469 e. The normalized spacial score (nSPS) is 12.2. The molecule has 1 aromatic heterocycles. The van der Waals surface area contributed by atoms with E-state index in [0.29, 0.717) is 6.07 Å². The highest BCUT2D eigenvalue weighted by molar-refractivity contribution is 5.72. The third-order valence-electron chi connectivity index (χ3n) is 2.37. The molecule has 0 aliphatic heterocycles. The van der Waals surface area contributed by atoms with Gasteiger partial charge in [-0.05, 0) is 0 Å². The van der Waals surface area contributed by atoms with Gasteiger partial charge in [0.15, 0.2) is 0 Å². The van der Waals surface area contributed by atoms with Crippen molar-refractivity contribution >= 4 is 5.97 Å². The van der Waals surface area contributed by atoms with Crippen LogP contribution in [0, 0.1) is 0 Å². The number of hydrogen-bond donors (Lipinski definition) is 1. The number of alkyl halides is 6. The van der Waals surface area contributed by atoms with Gasteiger partial charge >= 0.3 is 18.5 Å². The van der Waals surface area contributed by atoms with Gasteiger partial charge in [0.25, 0.3) is 0 Å². The highest BCUT2D eigenvalue weighted by Gasteiger charge is 2.42. The van der Waals surface area contributed by atoms with Gasteiger partial charge in [-0.15, -0.1) is 13.2 Å². The Kier molecular flexibility index (Phi) is 5.22. The number of aromatic nitrogens is 1. The second kappa shape index (κ2) is 6.38. The minimum atomic E-state index is -5.35. The zero-order chi connectivity index (χ0) is 17.1. The topological polar surface area (TPSA) is 74.4 Å². The van der Waals surface area contributed by atoms with E-state index in [-0.39, 0.29) is 5.69 Å². The summed E-state index contributed by atoms with van der Waals surface area (Å²) in [5, 5.41) is 0. The molecule has 2 N–H and O–H groups in total. The predicted molar refractivity (Wildman–Crippen MR) is 59.5 cm³/mol. The second-order valence-electron chi connectivity index (χ2n) is 3.94. The molecule has 0 saturated heterocycles. The number of carbonyl (C=O) groups excluding carboxylic acids is 1. The fourth-order valence-corrected chi connectivity index (χ4v) is 1.58. The van der Waals surface area contributed by atoms with Gasteiger partial charge in [0.2, 0.25) is 0 Å². The van der Waals surface area contributed by atoms with Crippen LogP contribution in [0.4, 0.5) is 26.3 Å². The molecule has 0 aromatic carbocycles. The molecular formula is C11H10F6N2O3. The molecule has 124 valence electrons. The molecule has 22 heavy (non-hydrogen) atoms. The summed E-state index contributed by atoms with van der Waals surface area (Å²) in [5.41, 5.74) is 2.12. The van der Waals surface area contributed by atoms with E-state index in [9.17, 15) is 31.1 Å². The van der Waals surface area contributed by atoms with Crippen molar-refractivity contribution in [1.82, 2.24) is 4.98 Å². The largest absolute Gasteiger partial charge is 0.573 e. The number of pyridine rings is 1. The Morgan fingerprint density at radius 3 is 2.27 bits per heavy atom. The first-order valence-corrected chi connectivity index (χ1v) is 5.60. The van der Waals surface area contributed by atoms with E-state index >= 15 is 0 Å². The van der Waals surface area contributed by atoms with Crippen molar-refractivity contribution in [3.63, 3.8) is 0 Å². The minimum absolute atomic E-state index is 0.300. The Labute approximate surface area is 120 Å². The van der Waals surface area contributed by atoms with E-state index in [1.165, 1.54) is 0 Å². The Morgan fingerprint density at radius 2 is 1.86 bits per heavy atom. The van der Waals surface area contributed by atoms with Crippen molar-refractivity contribution in [3.05, 3.63) is 23.0 Å². The first kappa shape index (κ1) is 18.0. The van der Waals surface area contributed by atoms with Crippen molar-refractivity contribution < 1.29 is 40.6 Å². The molecular weight excluding hydrogens is 322 g/mol. The number of halogens is 6. The second-order valence-corrected chi connectivity index (χ2v) is 3.94. The molecule has 0 amide bonds. The molecule has 0 atom stereocenters. The van der Waals surface area contributed by atoms with E-state index in [2.05, 4.69) is 14.5 Å². The van der Waals surface area contributed by atoms with Gasteiger partial charge in [0.05, 0.1) is 24.9 Å². The number of methoxy groups -OCH3 is 1. The molecule has 0 aliphatic carbocycles. The maximum absolute atomic E-state index is 13.0. The van der Waals surface area contributed by atoms with Crippen molar-refractivity contribution in [2.75, 3.05) is 7.11 Å². The highest BCUT2D eigenvalue weighted by atomic mass is 19.4. The summed E-state index contributed by atoms with van der Waals surface area (Å²) in [4.78, 5) is 14.6. The van der Waals surface area contributed by atoms with Crippen LogP contribution in [0.1, 0.15) is 17.0 Å².